The van der Waals surface area contributed by atoms with Crippen LogP contribution in [0.5, 0.6) is 0 Å². The summed E-state index contributed by atoms with van der Waals surface area (Å²) in [6.07, 6.45) is 0. The number of H-pyrrole nitrogens is 1. The van der Waals surface area contributed by atoms with Gasteiger partial charge in [-0.1, -0.05) is 36.4 Å². The van der Waals surface area contributed by atoms with Crippen molar-refractivity contribution in [1.82, 2.24) is 10.2 Å². The zero-order valence-corrected chi connectivity index (χ0v) is 15.6. The fourth-order valence-electron chi connectivity index (χ4n) is 3.16. The molecule has 0 saturated carbocycles. The van der Waals surface area contributed by atoms with Gasteiger partial charge in [0.25, 0.3) is 0 Å². The first kappa shape index (κ1) is 19.8. The molecule has 29 heavy (non-hydrogen) atoms. The summed E-state index contributed by atoms with van der Waals surface area (Å²) in [5.41, 5.74) is 9.97. The maximum Gasteiger partial charge on any atom is 0.323 e. The van der Waals surface area contributed by atoms with E-state index in [0.717, 1.165) is 27.6 Å². The standard InChI is InChI=1S/C21H18FN5O.H2O/c1-12-9-10-15(22)18(11-12)25-21(28)24-16-7-3-2-5-13(16)14-6-4-8-17-19(14)20(23)27-26-17;/h2-11H,1H3,(H3,23,26,27)(H2,24,25,28);1H2. The number of nitrogens with one attached hydrogen (secondary N) is 3. The van der Waals surface area contributed by atoms with Crippen molar-refractivity contribution in [3.63, 3.8) is 0 Å². The molecule has 7 N–H and O–H groups in total. The minimum absolute atomic E-state index is 0. The zero-order chi connectivity index (χ0) is 19.7. The summed E-state index contributed by atoms with van der Waals surface area (Å²) in [7, 11) is 0. The van der Waals surface area contributed by atoms with Gasteiger partial charge in [-0.2, -0.15) is 5.10 Å². The van der Waals surface area contributed by atoms with Crippen LogP contribution in [0.4, 0.5) is 26.4 Å². The number of halogens is 1. The number of carbonyl (C=O) groups excluding carboxylic acids is 1. The minimum atomic E-state index is -0.538. The van der Waals surface area contributed by atoms with Crippen molar-refractivity contribution in [1.29, 1.82) is 0 Å². The van der Waals surface area contributed by atoms with E-state index in [1.807, 2.05) is 43.3 Å². The summed E-state index contributed by atoms with van der Waals surface area (Å²) < 4.78 is 13.9. The molecule has 0 aliphatic rings. The summed E-state index contributed by atoms with van der Waals surface area (Å²) >= 11 is 0. The molecular weight excluding hydrogens is 373 g/mol. The van der Waals surface area contributed by atoms with Gasteiger partial charge in [-0.15, -0.1) is 0 Å². The van der Waals surface area contributed by atoms with E-state index in [0.29, 0.717) is 11.5 Å². The Labute approximate surface area is 166 Å². The number of carbonyl (C=O) groups is 1. The fourth-order valence-corrected chi connectivity index (χ4v) is 3.16. The predicted molar refractivity (Wildman–Crippen MR) is 113 cm³/mol. The van der Waals surface area contributed by atoms with Crippen LogP contribution in [0, 0.1) is 12.7 Å². The lowest BCUT2D eigenvalue weighted by molar-refractivity contribution is 0.262. The number of amides is 2. The lowest BCUT2D eigenvalue weighted by Crippen LogP contribution is -2.20. The Kier molecular flexibility index (Phi) is 5.47. The average Bonchev–Trinajstić information content (AvgIpc) is 3.06. The van der Waals surface area contributed by atoms with Crippen molar-refractivity contribution in [3.8, 4) is 11.1 Å². The highest BCUT2D eigenvalue weighted by Gasteiger charge is 2.14. The number of fused-ring (bicyclic) bond motifs is 1. The molecule has 0 saturated heterocycles. The predicted octanol–water partition coefficient (Wildman–Crippen LogP) is 4.08. The van der Waals surface area contributed by atoms with Crippen LogP contribution in [0.15, 0.2) is 60.7 Å². The van der Waals surface area contributed by atoms with Crippen LogP contribution in [-0.4, -0.2) is 21.7 Å². The van der Waals surface area contributed by atoms with Gasteiger partial charge in [0.05, 0.1) is 22.3 Å². The number of para-hydroxylation sites is 1. The molecule has 8 heteroatoms. The zero-order valence-electron chi connectivity index (χ0n) is 15.6. The van der Waals surface area contributed by atoms with Crippen LogP contribution in [0.2, 0.25) is 0 Å². The molecule has 148 valence electrons. The smallest absolute Gasteiger partial charge is 0.323 e. The molecular formula is C21H20FN5O2. The van der Waals surface area contributed by atoms with E-state index in [9.17, 15) is 9.18 Å². The van der Waals surface area contributed by atoms with Crippen molar-refractivity contribution >= 4 is 34.1 Å². The molecule has 1 heterocycles. The Morgan fingerprint density at radius 3 is 2.55 bits per heavy atom. The molecule has 0 aliphatic carbocycles. The van der Waals surface area contributed by atoms with Gasteiger partial charge in [-0.05, 0) is 42.3 Å². The van der Waals surface area contributed by atoms with Gasteiger partial charge < -0.3 is 21.8 Å². The maximum absolute atomic E-state index is 13.9. The molecule has 2 amide bonds. The largest absolute Gasteiger partial charge is 0.412 e. The molecule has 0 aliphatic heterocycles. The first-order valence-electron chi connectivity index (χ1n) is 8.69. The van der Waals surface area contributed by atoms with Crippen LogP contribution < -0.4 is 16.4 Å². The first-order chi connectivity index (χ1) is 13.5. The van der Waals surface area contributed by atoms with E-state index in [1.165, 1.54) is 6.07 Å². The second-order valence-electron chi connectivity index (χ2n) is 6.44. The Bertz CT molecular complexity index is 1190. The van der Waals surface area contributed by atoms with Crippen LogP contribution in [0.3, 0.4) is 0 Å². The summed E-state index contributed by atoms with van der Waals surface area (Å²) in [6.45, 7) is 1.83. The number of hydrogen-bond donors (Lipinski definition) is 4. The third-order valence-corrected chi connectivity index (χ3v) is 4.45. The van der Waals surface area contributed by atoms with Crippen molar-refractivity contribution in [3.05, 3.63) is 72.0 Å². The maximum atomic E-state index is 13.9. The third kappa shape index (κ3) is 3.87. The van der Waals surface area contributed by atoms with E-state index in [4.69, 9.17) is 5.73 Å². The van der Waals surface area contributed by atoms with Gasteiger partial charge in [-0.3, -0.25) is 5.10 Å². The third-order valence-electron chi connectivity index (χ3n) is 4.45. The molecule has 4 rings (SSSR count). The normalized spacial score (nSPS) is 10.4. The lowest BCUT2D eigenvalue weighted by Gasteiger charge is -2.13. The number of benzene rings is 3. The second-order valence-corrected chi connectivity index (χ2v) is 6.44. The van der Waals surface area contributed by atoms with Crippen LogP contribution in [0.25, 0.3) is 22.0 Å². The highest BCUT2D eigenvalue weighted by Crippen LogP contribution is 2.35. The van der Waals surface area contributed by atoms with Crippen molar-refractivity contribution in [2.75, 3.05) is 16.4 Å². The number of aryl methyl sites for hydroxylation is 1. The van der Waals surface area contributed by atoms with E-state index in [1.54, 1.807) is 18.2 Å². The lowest BCUT2D eigenvalue weighted by atomic mass is 9.99. The Morgan fingerprint density at radius 2 is 1.72 bits per heavy atom. The number of rotatable bonds is 3. The molecule has 0 fully saturated rings. The van der Waals surface area contributed by atoms with Gasteiger partial charge in [-0.25, -0.2) is 9.18 Å². The topological polar surface area (TPSA) is 127 Å². The quantitative estimate of drug-likeness (QED) is 0.419. The van der Waals surface area contributed by atoms with Gasteiger partial charge in [0.15, 0.2) is 5.82 Å². The number of aromatic nitrogens is 2. The van der Waals surface area contributed by atoms with E-state index >= 15 is 0 Å². The molecule has 4 aromatic rings. The average molecular weight is 393 g/mol. The van der Waals surface area contributed by atoms with Gasteiger partial charge in [0.2, 0.25) is 0 Å². The molecule has 0 radical (unpaired) electrons. The fraction of sp³-hybridized carbons (Fsp3) is 0.0476. The van der Waals surface area contributed by atoms with E-state index < -0.39 is 11.8 Å². The molecule has 3 aromatic carbocycles. The number of urea groups is 1. The Balaban J connectivity index is 0.00000240. The second kappa shape index (κ2) is 7.99. The van der Waals surface area contributed by atoms with Crippen LogP contribution >= 0.6 is 0 Å². The molecule has 0 spiro atoms. The van der Waals surface area contributed by atoms with Crippen molar-refractivity contribution < 1.29 is 14.7 Å². The Hall–Kier alpha value is -3.91. The molecule has 7 nitrogen and oxygen atoms in total. The number of hydrogen-bond acceptors (Lipinski definition) is 3. The van der Waals surface area contributed by atoms with Crippen LogP contribution in [-0.2, 0) is 0 Å². The number of nitrogens with two attached hydrogens (primary N) is 1. The van der Waals surface area contributed by atoms with Crippen molar-refractivity contribution in [2.24, 2.45) is 0 Å². The van der Waals surface area contributed by atoms with Gasteiger partial charge >= 0.3 is 6.03 Å². The van der Waals surface area contributed by atoms with E-state index in [-0.39, 0.29) is 11.2 Å². The van der Waals surface area contributed by atoms with Gasteiger partial charge in [0, 0.05) is 5.56 Å². The highest BCUT2D eigenvalue weighted by atomic mass is 19.1. The van der Waals surface area contributed by atoms with E-state index in [2.05, 4.69) is 20.8 Å². The van der Waals surface area contributed by atoms with Gasteiger partial charge in [0.1, 0.15) is 5.82 Å². The van der Waals surface area contributed by atoms with Crippen molar-refractivity contribution in [2.45, 2.75) is 6.92 Å². The number of nitrogen functional groups attached to an aromatic ring is 1. The SMILES string of the molecule is Cc1ccc(F)c(NC(=O)Nc2ccccc2-c2cccc3[nH]nc(N)c23)c1.O. The summed E-state index contributed by atoms with van der Waals surface area (Å²) in [5.74, 6) is -0.114. The van der Waals surface area contributed by atoms with Crippen LogP contribution in [0.1, 0.15) is 5.56 Å². The minimum Gasteiger partial charge on any atom is -0.412 e. The molecule has 1 aromatic heterocycles. The first-order valence-corrected chi connectivity index (χ1v) is 8.69. The number of anilines is 3. The molecule has 0 bridgehead atoms. The highest BCUT2D eigenvalue weighted by molar-refractivity contribution is 6.07. The summed E-state index contributed by atoms with van der Waals surface area (Å²) in [6, 6.07) is 17.0. The molecule has 0 unspecified atom stereocenters. The monoisotopic (exact) mass is 393 g/mol. The number of nitrogens with zero attached hydrogens (tertiary/aromatic N) is 1. The Morgan fingerprint density at radius 1 is 1.00 bits per heavy atom. The number of aromatic amines is 1. The molecule has 0 atom stereocenters. The summed E-state index contributed by atoms with van der Waals surface area (Å²) in [4.78, 5) is 12.5. The summed E-state index contributed by atoms with van der Waals surface area (Å²) in [5, 5.41) is 13.1.